The minimum atomic E-state index is -0.375. The van der Waals surface area contributed by atoms with E-state index in [1.165, 1.54) is 28.4 Å². The average Bonchev–Trinajstić information content (AvgIpc) is 2.84. The van der Waals surface area contributed by atoms with Crippen molar-refractivity contribution in [1.29, 1.82) is 0 Å². The lowest BCUT2D eigenvalue weighted by Crippen LogP contribution is -2.14. The van der Waals surface area contributed by atoms with Gasteiger partial charge in [0, 0.05) is 16.8 Å². The molecule has 8 nitrogen and oxygen atoms in total. The van der Waals surface area contributed by atoms with Gasteiger partial charge in [-0.2, -0.15) is 0 Å². The highest BCUT2D eigenvalue weighted by Crippen LogP contribution is 2.31. The molecule has 3 rings (SSSR count). The Labute approximate surface area is 196 Å². The summed E-state index contributed by atoms with van der Waals surface area (Å²) in [5.74, 6) is 1.18. The predicted octanol–water partition coefficient (Wildman–Crippen LogP) is 4.88. The molecule has 0 bridgehead atoms. The van der Waals surface area contributed by atoms with Crippen molar-refractivity contribution in [3.05, 3.63) is 70.7 Å². The Kier molecular flexibility index (Phi) is 7.63. The fraction of sp³-hybridized carbons (Fsp3) is 0.167. The second kappa shape index (κ2) is 10.6. The van der Waals surface area contributed by atoms with E-state index in [0.717, 1.165) is 0 Å². The van der Waals surface area contributed by atoms with Gasteiger partial charge in [0.05, 0.1) is 39.1 Å². The molecule has 33 heavy (non-hydrogen) atoms. The van der Waals surface area contributed by atoms with E-state index >= 15 is 0 Å². The minimum Gasteiger partial charge on any atom is -0.493 e. The van der Waals surface area contributed by atoms with Gasteiger partial charge in [-0.1, -0.05) is 11.6 Å². The molecule has 0 spiro atoms. The smallest absolute Gasteiger partial charge is 0.255 e. The molecule has 0 saturated carbocycles. The summed E-state index contributed by atoms with van der Waals surface area (Å²) in [6.45, 7) is 0. The van der Waals surface area contributed by atoms with Crippen molar-refractivity contribution in [2.45, 2.75) is 0 Å². The second-order valence-electron chi connectivity index (χ2n) is 6.74. The molecule has 0 aliphatic heterocycles. The Hall–Kier alpha value is -3.91. The topological polar surface area (TPSA) is 95.1 Å². The number of halogens is 1. The van der Waals surface area contributed by atoms with E-state index in [2.05, 4.69) is 10.6 Å². The van der Waals surface area contributed by atoms with Gasteiger partial charge in [0.2, 0.25) is 0 Å². The molecule has 0 atom stereocenters. The van der Waals surface area contributed by atoms with Gasteiger partial charge < -0.3 is 29.6 Å². The molecule has 3 aromatic rings. The summed E-state index contributed by atoms with van der Waals surface area (Å²) in [5.41, 5.74) is 1.61. The molecule has 0 unspecified atom stereocenters. The maximum absolute atomic E-state index is 12.6. The fourth-order valence-electron chi connectivity index (χ4n) is 3.05. The SMILES string of the molecule is COc1ccc(C(=O)Nc2ccc(NC(=O)c3ccc(OC)c(OC)c3)c(Cl)c2)cc1OC. The zero-order valence-electron chi connectivity index (χ0n) is 18.5. The lowest BCUT2D eigenvalue weighted by atomic mass is 10.1. The van der Waals surface area contributed by atoms with Crippen molar-refractivity contribution in [2.24, 2.45) is 0 Å². The molecule has 172 valence electrons. The van der Waals surface area contributed by atoms with Crippen LogP contribution in [0.3, 0.4) is 0 Å². The molecule has 0 aromatic heterocycles. The third-order valence-electron chi connectivity index (χ3n) is 4.77. The van der Waals surface area contributed by atoms with Crippen LogP contribution in [0.25, 0.3) is 0 Å². The van der Waals surface area contributed by atoms with Crippen LogP contribution in [-0.2, 0) is 0 Å². The first-order valence-corrected chi connectivity index (χ1v) is 10.1. The van der Waals surface area contributed by atoms with Crippen LogP contribution < -0.4 is 29.6 Å². The van der Waals surface area contributed by atoms with E-state index in [4.69, 9.17) is 30.5 Å². The van der Waals surface area contributed by atoms with E-state index in [1.807, 2.05) is 0 Å². The lowest BCUT2D eigenvalue weighted by Gasteiger charge is -2.12. The summed E-state index contributed by atoms with van der Waals surface area (Å²) >= 11 is 6.34. The average molecular weight is 471 g/mol. The first-order chi connectivity index (χ1) is 15.9. The molecule has 0 aliphatic carbocycles. The summed E-state index contributed by atoms with van der Waals surface area (Å²) in [5, 5.41) is 5.77. The zero-order valence-corrected chi connectivity index (χ0v) is 19.3. The van der Waals surface area contributed by atoms with Gasteiger partial charge in [-0.25, -0.2) is 0 Å². The number of methoxy groups -OCH3 is 4. The van der Waals surface area contributed by atoms with Crippen LogP contribution in [0.4, 0.5) is 11.4 Å². The number of hydrogen-bond donors (Lipinski definition) is 2. The highest BCUT2D eigenvalue weighted by Gasteiger charge is 2.14. The zero-order chi connectivity index (χ0) is 24.0. The molecule has 0 aliphatic rings. The van der Waals surface area contributed by atoms with Crippen LogP contribution in [0.15, 0.2) is 54.6 Å². The maximum atomic E-state index is 12.6. The van der Waals surface area contributed by atoms with Crippen LogP contribution in [0.1, 0.15) is 20.7 Å². The molecule has 0 heterocycles. The van der Waals surface area contributed by atoms with E-state index in [-0.39, 0.29) is 16.8 Å². The Morgan fingerprint density at radius 2 is 1.12 bits per heavy atom. The van der Waals surface area contributed by atoms with Gasteiger partial charge in [-0.3, -0.25) is 9.59 Å². The number of benzene rings is 3. The molecular formula is C24H23ClN2O6. The van der Waals surface area contributed by atoms with Gasteiger partial charge >= 0.3 is 0 Å². The Morgan fingerprint density at radius 3 is 1.58 bits per heavy atom. The van der Waals surface area contributed by atoms with Gasteiger partial charge in [0.25, 0.3) is 11.8 Å². The number of hydrogen-bond acceptors (Lipinski definition) is 6. The molecule has 0 saturated heterocycles. The molecule has 2 amide bonds. The summed E-state index contributed by atoms with van der Waals surface area (Å²) in [6, 6.07) is 14.5. The molecule has 9 heteroatoms. The molecule has 2 N–H and O–H groups in total. The van der Waals surface area contributed by atoms with Gasteiger partial charge in [-0.15, -0.1) is 0 Å². The predicted molar refractivity (Wildman–Crippen MR) is 126 cm³/mol. The molecular weight excluding hydrogens is 448 g/mol. The number of amides is 2. The molecule has 3 aromatic carbocycles. The Balaban J connectivity index is 1.72. The standard InChI is InChI=1S/C24H23ClN2O6/c1-30-19-9-5-14(11-21(19)32-3)23(28)26-16-7-8-18(17(25)13-16)27-24(29)15-6-10-20(31-2)22(12-15)33-4/h5-13H,1-4H3,(H,26,28)(H,27,29). The molecule has 0 radical (unpaired) electrons. The van der Waals surface area contributed by atoms with E-state index < -0.39 is 0 Å². The number of anilines is 2. The first kappa shape index (κ1) is 23.7. The van der Waals surface area contributed by atoms with Gasteiger partial charge in [-0.05, 0) is 54.6 Å². The van der Waals surface area contributed by atoms with Crippen molar-refractivity contribution < 1.29 is 28.5 Å². The van der Waals surface area contributed by atoms with Crippen molar-refractivity contribution >= 4 is 34.8 Å². The monoisotopic (exact) mass is 470 g/mol. The van der Waals surface area contributed by atoms with Gasteiger partial charge in [0.1, 0.15) is 0 Å². The minimum absolute atomic E-state index is 0.258. The van der Waals surface area contributed by atoms with E-state index in [9.17, 15) is 9.59 Å². The van der Waals surface area contributed by atoms with Crippen molar-refractivity contribution in [2.75, 3.05) is 39.1 Å². The first-order valence-electron chi connectivity index (χ1n) is 9.76. The third-order valence-corrected chi connectivity index (χ3v) is 5.08. The Bertz CT molecular complexity index is 1180. The van der Waals surface area contributed by atoms with Crippen LogP contribution in [-0.4, -0.2) is 40.3 Å². The number of rotatable bonds is 8. The van der Waals surface area contributed by atoms with Crippen molar-refractivity contribution in [3.8, 4) is 23.0 Å². The van der Waals surface area contributed by atoms with Crippen molar-refractivity contribution in [1.82, 2.24) is 0 Å². The number of carbonyl (C=O) groups excluding carboxylic acids is 2. The largest absolute Gasteiger partial charge is 0.493 e. The number of ether oxygens (including phenoxy) is 4. The summed E-state index contributed by atoms with van der Waals surface area (Å²) in [7, 11) is 6.02. The van der Waals surface area contributed by atoms with Crippen LogP contribution in [0.2, 0.25) is 5.02 Å². The lowest BCUT2D eigenvalue weighted by molar-refractivity contribution is 0.101. The van der Waals surface area contributed by atoms with E-state index in [1.54, 1.807) is 54.6 Å². The van der Waals surface area contributed by atoms with Crippen LogP contribution in [0.5, 0.6) is 23.0 Å². The second-order valence-corrected chi connectivity index (χ2v) is 7.15. The summed E-state index contributed by atoms with van der Waals surface area (Å²) < 4.78 is 20.8. The van der Waals surface area contributed by atoms with E-state index in [0.29, 0.717) is 45.5 Å². The number of nitrogens with one attached hydrogen (secondary N) is 2. The molecule has 0 fully saturated rings. The normalized spacial score (nSPS) is 10.2. The highest BCUT2D eigenvalue weighted by atomic mass is 35.5. The quantitative estimate of drug-likeness (QED) is 0.487. The third kappa shape index (κ3) is 5.48. The fourth-order valence-corrected chi connectivity index (χ4v) is 3.27. The Morgan fingerprint density at radius 1 is 0.636 bits per heavy atom. The summed E-state index contributed by atoms with van der Waals surface area (Å²) in [6.07, 6.45) is 0. The summed E-state index contributed by atoms with van der Waals surface area (Å²) in [4.78, 5) is 25.2. The number of carbonyl (C=O) groups is 2. The van der Waals surface area contributed by atoms with Crippen LogP contribution in [0, 0.1) is 0 Å². The maximum Gasteiger partial charge on any atom is 0.255 e. The van der Waals surface area contributed by atoms with Gasteiger partial charge in [0.15, 0.2) is 23.0 Å². The highest BCUT2D eigenvalue weighted by molar-refractivity contribution is 6.34. The van der Waals surface area contributed by atoms with Crippen LogP contribution >= 0.6 is 11.6 Å². The van der Waals surface area contributed by atoms with Crippen molar-refractivity contribution in [3.63, 3.8) is 0 Å².